The summed E-state index contributed by atoms with van der Waals surface area (Å²) in [6.45, 7) is 0. The molecule has 0 saturated heterocycles. The summed E-state index contributed by atoms with van der Waals surface area (Å²) in [5, 5.41) is 1.61. The lowest BCUT2D eigenvalue weighted by Crippen LogP contribution is -1.89. The molecular weight excluding hydrogens is 260 g/mol. The van der Waals surface area contributed by atoms with Crippen LogP contribution in [0.25, 0.3) is 0 Å². The van der Waals surface area contributed by atoms with Gasteiger partial charge in [0.15, 0.2) is 0 Å². The molecule has 2 rings (SSSR count). The maximum atomic E-state index is 6.06. The Kier molecular flexibility index (Phi) is 3.98. The van der Waals surface area contributed by atoms with Gasteiger partial charge in [-0.2, -0.15) is 0 Å². The average Bonchev–Trinajstić information content (AvgIpc) is 2.81. The second-order valence-electron chi connectivity index (χ2n) is 2.94. The highest BCUT2D eigenvalue weighted by Crippen LogP contribution is 2.27. The van der Waals surface area contributed by atoms with Crippen molar-refractivity contribution in [2.75, 3.05) is 6.26 Å². The summed E-state index contributed by atoms with van der Waals surface area (Å²) in [5.41, 5.74) is 2.59. The highest BCUT2D eigenvalue weighted by Gasteiger charge is 2.05. The minimum absolute atomic E-state index is 0.665. The number of hydrogen-bond acceptors (Lipinski definition) is 4. The SMILES string of the molecule is CSC(=Nc1ccccc1Cl)c1cncs1. The molecule has 1 aromatic heterocycles. The smallest absolute Gasteiger partial charge is 0.115 e. The van der Waals surface area contributed by atoms with Crippen molar-refractivity contribution in [1.82, 2.24) is 4.98 Å². The molecule has 0 aliphatic heterocycles. The third-order valence-corrected chi connectivity index (χ3v) is 3.84. The minimum atomic E-state index is 0.665. The number of aromatic nitrogens is 1. The predicted molar refractivity (Wildman–Crippen MR) is 73.3 cm³/mol. The Bertz CT molecular complexity index is 494. The van der Waals surface area contributed by atoms with Gasteiger partial charge in [0.05, 0.1) is 21.1 Å². The number of hydrogen-bond donors (Lipinski definition) is 0. The number of thiazole rings is 1. The molecule has 0 fully saturated rings. The summed E-state index contributed by atoms with van der Waals surface area (Å²) in [5.74, 6) is 0. The van der Waals surface area contributed by atoms with Crippen molar-refractivity contribution in [3.05, 3.63) is 45.9 Å². The van der Waals surface area contributed by atoms with Gasteiger partial charge in [0.2, 0.25) is 0 Å². The maximum absolute atomic E-state index is 6.06. The first-order valence-electron chi connectivity index (χ1n) is 4.57. The van der Waals surface area contributed by atoms with Gasteiger partial charge in [-0.3, -0.25) is 4.98 Å². The molecule has 0 aliphatic rings. The molecule has 0 bridgehead atoms. The van der Waals surface area contributed by atoms with E-state index in [2.05, 4.69) is 9.98 Å². The highest BCUT2D eigenvalue weighted by molar-refractivity contribution is 8.14. The van der Waals surface area contributed by atoms with Crippen molar-refractivity contribution < 1.29 is 0 Å². The molecule has 1 aromatic carbocycles. The highest BCUT2D eigenvalue weighted by atomic mass is 35.5. The first-order chi connectivity index (χ1) is 7.81. The van der Waals surface area contributed by atoms with Crippen molar-refractivity contribution in [2.45, 2.75) is 0 Å². The number of benzene rings is 1. The number of para-hydroxylation sites is 1. The first kappa shape index (κ1) is 11.6. The van der Waals surface area contributed by atoms with E-state index in [-0.39, 0.29) is 0 Å². The maximum Gasteiger partial charge on any atom is 0.115 e. The zero-order valence-electron chi connectivity index (χ0n) is 8.55. The van der Waals surface area contributed by atoms with Crippen LogP contribution in [0.3, 0.4) is 0 Å². The van der Waals surface area contributed by atoms with E-state index in [0.29, 0.717) is 5.02 Å². The van der Waals surface area contributed by atoms with Crippen LogP contribution in [-0.2, 0) is 0 Å². The lowest BCUT2D eigenvalue weighted by Gasteiger charge is -2.01. The van der Waals surface area contributed by atoms with Crippen molar-refractivity contribution in [1.29, 1.82) is 0 Å². The summed E-state index contributed by atoms with van der Waals surface area (Å²) in [4.78, 5) is 9.65. The largest absolute Gasteiger partial charge is 0.252 e. The molecule has 16 heavy (non-hydrogen) atoms. The quantitative estimate of drug-likeness (QED) is 0.601. The average molecular weight is 269 g/mol. The summed E-state index contributed by atoms with van der Waals surface area (Å²) in [6.07, 6.45) is 3.81. The number of rotatable bonds is 2. The fraction of sp³-hybridized carbons (Fsp3) is 0.0909. The molecule has 0 spiro atoms. The van der Waals surface area contributed by atoms with Crippen LogP contribution in [0.2, 0.25) is 5.02 Å². The lowest BCUT2D eigenvalue weighted by atomic mass is 10.3. The molecule has 0 amide bonds. The number of aliphatic imine (C=N–C) groups is 1. The molecule has 0 atom stereocenters. The first-order valence-corrected chi connectivity index (χ1v) is 7.05. The summed E-state index contributed by atoms with van der Waals surface area (Å²) in [6, 6.07) is 7.56. The number of halogens is 1. The predicted octanol–water partition coefficient (Wildman–Crippen LogP) is 4.24. The molecular formula is C11H9ClN2S2. The Morgan fingerprint density at radius 1 is 1.44 bits per heavy atom. The fourth-order valence-corrected chi connectivity index (χ4v) is 2.69. The lowest BCUT2D eigenvalue weighted by molar-refractivity contribution is 1.42. The van der Waals surface area contributed by atoms with Gasteiger partial charge in [-0.1, -0.05) is 23.7 Å². The van der Waals surface area contributed by atoms with Gasteiger partial charge in [-0.25, -0.2) is 4.99 Å². The van der Waals surface area contributed by atoms with E-state index in [4.69, 9.17) is 11.6 Å². The van der Waals surface area contributed by atoms with Crippen LogP contribution < -0.4 is 0 Å². The molecule has 0 aliphatic carbocycles. The second kappa shape index (κ2) is 5.48. The monoisotopic (exact) mass is 268 g/mol. The third-order valence-electron chi connectivity index (χ3n) is 1.91. The Balaban J connectivity index is 2.39. The van der Waals surface area contributed by atoms with Gasteiger partial charge in [0.1, 0.15) is 5.04 Å². The Hall–Kier alpha value is -0.840. The Morgan fingerprint density at radius 2 is 2.25 bits per heavy atom. The van der Waals surface area contributed by atoms with Crippen LogP contribution >= 0.6 is 34.7 Å². The van der Waals surface area contributed by atoms with E-state index in [1.54, 1.807) is 28.6 Å². The Labute approximate surface area is 107 Å². The topological polar surface area (TPSA) is 25.2 Å². The summed E-state index contributed by atoms with van der Waals surface area (Å²) < 4.78 is 0. The Morgan fingerprint density at radius 3 is 2.88 bits per heavy atom. The van der Waals surface area contributed by atoms with E-state index in [1.807, 2.05) is 36.7 Å². The molecule has 2 nitrogen and oxygen atoms in total. The summed E-state index contributed by atoms with van der Waals surface area (Å²) in [7, 11) is 0. The zero-order valence-corrected chi connectivity index (χ0v) is 10.9. The van der Waals surface area contributed by atoms with E-state index in [9.17, 15) is 0 Å². The molecule has 2 aromatic rings. The molecule has 0 saturated carbocycles. The van der Waals surface area contributed by atoms with Gasteiger partial charge in [0, 0.05) is 6.20 Å². The molecule has 0 radical (unpaired) electrons. The van der Waals surface area contributed by atoms with E-state index >= 15 is 0 Å². The van der Waals surface area contributed by atoms with Crippen LogP contribution in [-0.4, -0.2) is 16.3 Å². The van der Waals surface area contributed by atoms with Crippen LogP contribution in [0.5, 0.6) is 0 Å². The van der Waals surface area contributed by atoms with Crippen molar-refractivity contribution in [2.24, 2.45) is 4.99 Å². The molecule has 82 valence electrons. The zero-order chi connectivity index (χ0) is 11.4. The van der Waals surface area contributed by atoms with Gasteiger partial charge in [-0.15, -0.1) is 23.1 Å². The van der Waals surface area contributed by atoms with E-state index in [0.717, 1.165) is 15.6 Å². The minimum Gasteiger partial charge on any atom is -0.252 e. The van der Waals surface area contributed by atoms with Gasteiger partial charge >= 0.3 is 0 Å². The van der Waals surface area contributed by atoms with E-state index < -0.39 is 0 Å². The molecule has 0 N–H and O–H groups in total. The molecule has 5 heteroatoms. The van der Waals surface area contributed by atoms with Crippen molar-refractivity contribution in [3.8, 4) is 0 Å². The van der Waals surface area contributed by atoms with Crippen LogP contribution in [0.1, 0.15) is 4.88 Å². The van der Waals surface area contributed by atoms with Crippen LogP contribution in [0.15, 0.2) is 41.0 Å². The second-order valence-corrected chi connectivity index (χ2v) is 5.03. The van der Waals surface area contributed by atoms with Gasteiger partial charge < -0.3 is 0 Å². The number of thioether (sulfide) groups is 1. The summed E-state index contributed by atoms with van der Waals surface area (Å²) >= 11 is 9.23. The molecule has 1 heterocycles. The normalized spacial score (nSPS) is 11.8. The third kappa shape index (κ3) is 2.64. The van der Waals surface area contributed by atoms with E-state index in [1.165, 1.54) is 0 Å². The standard InChI is InChI=1S/C11H9ClN2S2/c1-15-11(10-6-13-7-16-10)14-9-5-3-2-4-8(9)12/h2-7H,1H3. The van der Waals surface area contributed by atoms with Crippen molar-refractivity contribution >= 4 is 45.4 Å². The molecule has 0 unspecified atom stereocenters. The fourth-order valence-electron chi connectivity index (χ4n) is 1.17. The van der Waals surface area contributed by atoms with Crippen LogP contribution in [0, 0.1) is 0 Å². The van der Waals surface area contributed by atoms with Crippen molar-refractivity contribution in [3.63, 3.8) is 0 Å². The number of nitrogens with zero attached hydrogens (tertiary/aromatic N) is 2. The van der Waals surface area contributed by atoms with Gasteiger partial charge in [-0.05, 0) is 18.4 Å². The van der Waals surface area contributed by atoms with Crippen LogP contribution in [0.4, 0.5) is 5.69 Å². The van der Waals surface area contributed by atoms with Gasteiger partial charge in [0.25, 0.3) is 0 Å².